The minimum atomic E-state index is -4.43. The van der Waals surface area contributed by atoms with Crippen molar-refractivity contribution in [2.45, 2.75) is 219 Å². The molecule has 282 valence electrons. The van der Waals surface area contributed by atoms with Crippen molar-refractivity contribution in [3.63, 3.8) is 0 Å². The van der Waals surface area contributed by atoms with Crippen molar-refractivity contribution in [3.05, 3.63) is 24.3 Å². The van der Waals surface area contributed by atoms with Crippen molar-refractivity contribution in [1.82, 2.24) is 0 Å². The van der Waals surface area contributed by atoms with Gasteiger partial charge in [0.1, 0.15) is 0 Å². The Hall–Kier alpha value is -1.57. The van der Waals surface area contributed by atoms with Crippen LogP contribution in [0, 0.1) is 0 Å². The Morgan fingerprint density at radius 3 is 1.04 bits per heavy atom. The smallest absolute Gasteiger partial charge is 0.461 e. The Kier molecular flexibility index (Phi) is 31.6. The summed E-state index contributed by atoms with van der Waals surface area (Å²) >= 11 is 0. The first-order valence-corrected chi connectivity index (χ1v) is 22.5. The normalized spacial score (nSPS) is 13.4. The maximum atomic E-state index is 13.0. The van der Waals surface area contributed by atoms with Crippen molar-refractivity contribution < 1.29 is 31.6 Å². The lowest BCUT2D eigenvalue weighted by Gasteiger charge is -2.25. The van der Waals surface area contributed by atoms with E-state index in [1.807, 2.05) is 0 Å². The van der Waals surface area contributed by atoms with Gasteiger partial charge in [-0.25, -0.2) is 9.59 Å². The molecule has 0 rings (SSSR count). The van der Waals surface area contributed by atoms with Gasteiger partial charge in [-0.3, -0.25) is 0 Å². The van der Waals surface area contributed by atoms with Gasteiger partial charge in [0, 0.05) is 31.2 Å². The van der Waals surface area contributed by atoms with E-state index < -0.39 is 39.1 Å². The molecular formula is C40H73F3O4Si. The Morgan fingerprint density at radius 2 is 0.771 bits per heavy atom. The monoisotopic (exact) mass is 703 g/mol. The van der Waals surface area contributed by atoms with Crippen molar-refractivity contribution in [2.75, 3.05) is 0 Å². The first-order valence-electron chi connectivity index (χ1n) is 20.0. The van der Waals surface area contributed by atoms with Gasteiger partial charge in [-0.2, -0.15) is 13.2 Å². The molecule has 0 atom stereocenters. The number of hydrogen-bond acceptors (Lipinski definition) is 4. The van der Waals surface area contributed by atoms with Crippen LogP contribution in [0.3, 0.4) is 0 Å². The van der Waals surface area contributed by atoms with Gasteiger partial charge in [-0.05, 0) is 25.7 Å². The standard InChI is InChI=1S/C40H73F3O4Si/c1-4-6-8-10-12-14-16-18-20-22-24-26-28-30-32-34-38(44)46-48(3,37-36-40(41,42)43)47-39(45)35-33-31-29-27-25-23-21-19-17-15-13-11-9-7-5-2/h32-35H,4-31,36-37H2,1-3H3. The second-order valence-electron chi connectivity index (χ2n) is 14.0. The molecule has 0 aliphatic carbocycles. The summed E-state index contributed by atoms with van der Waals surface area (Å²) in [6.07, 6.45) is 34.6. The highest BCUT2D eigenvalue weighted by Crippen LogP contribution is 2.28. The van der Waals surface area contributed by atoms with E-state index in [9.17, 15) is 22.8 Å². The van der Waals surface area contributed by atoms with E-state index >= 15 is 0 Å². The Bertz CT molecular complexity index is 759. The average molecular weight is 703 g/mol. The summed E-state index contributed by atoms with van der Waals surface area (Å²) in [5.74, 6) is -1.49. The van der Waals surface area contributed by atoms with Gasteiger partial charge in [-0.15, -0.1) is 0 Å². The van der Waals surface area contributed by atoms with Crippen LogP contribution in [0.1, 0.15) is 200 Å². The first kappa shape index (κ1) is 46.4. The highest BCUT2D eigenvalue weighted by molar-refractivity contribution is 6.69. The van der Waals surface area contributed by atoms with E-state index in [4.69, 9.17) is 8.85 Å². The lowest BCUT2D eigenvalue weighted by molar-refractivity contribution is -0.140. The molecule has 0 amide bonds. The molecule has 0 aromatic carbocycles. The average Bonchev–Trinajstić information content (AvgIpc) is 3.03. The van der Waals surface area contributed by atoms with Crippen LogP contribution in [0.15, 0.2) is 24.3 Å². The zero-order chi connectivity index (χ0) is 35.6. The molecule has 0 aliphatic heterocycles. The maximum absolute atomic E-state index is 13.0. The fraction of sp³-hybridized carbons (Fsp3) is 0.850. The van der Waals surface area contributed by atoms with Crippen molar-refractivity contribution >= 4 is 20.5 Å². The molecule has 0 spiro atoms. The highest BCUT2D eigenvalue weighted by atomic mass is 28.4. The van der Waals surface area contributed by atoms with Crippen LogP contribution in [0.4, 0.5) is 13.2 Å². The van der Waals surface area contributed by atoms with E-state index in [1.54, 1.807) is 12.2 Å². The van der Waals surface area contributed by atoms with Gasteiger partial charge in [0.05, 0.1) is 0 Å². The van der Waals surface area contributed by atoms with Gasteiger partial charge in [0.15, 0.2) is 0 Å². The molecule has 0 aliphatic rings. The Morgan fingerprint density at radius 1 is 0.500 bits per heavy atom. The Labute approximate surface area is 294 Å². The summed E-state index contributed by atoms with van der Waals surface area (Å²) in [6.45, 7) is 5.84. The van der Waals surface area contributed by atoms with Crippen molar-refractivity contribution in [1.29, 1.82) is 0 Å². The summed E-state index contributed by atoms with van der Waals surface area (Å²) in [5.41, 5.74) is 0. The van der Waals surface area contributed by atoms with Gasteiger partial charge in [0.2, 0.25) is 0 Å². The quantitative estimate of drug-likeness (QED) is 0.0380. The molecular weight excluding hydrogens is 630 g/mol. The summed E-state index contributed by atoms with van der Waals surface area (Å²) < 4.78 is 49.7. The predicted molar refractivity (Wildman–Crippen MR) is 198 cm³/mol. The van der Waals surface area contributed by atoms with E-state index in [1.165, 1.54) is 160 Å². The molecule has 0 radical (unpaired) electrons. The van der Waals surface area contributed by atoms with Gasteiger partial charge >= 0.3 is 26.7 Å². The molecule has 0 heterocycles. The SMILES string of the molecule is CCCCCCCCCCCCCCCC=CC(=O)O[Si](C)(CCC(F)(F)F)OC(=O)C=CCCCCCCCCCCCCCCC. The summed E-state index contributed by atoms with van der Waals surface area (Å²) in [5, 5.41) is 0. The van der Waals surface area contributed by atoms with E-state index in [0.29, 0.717) is 12.8 Å². The topological polar surface area (TPSA) is 52.6 Å². The third kappa shape index (κ3) is 34.3. The van der Waals surface area contributed by atoms with Crippen molar-refractivity contribution in [3.8, 4) is 0 Å². The minimum absolute atomic E-state index is 0.520. The fourth-order valence-corrected chi connectivity index (χ4v) is 7.87. The van der Waals surface area contributed by atoms with Gasteiger partial charge in [-0.1, -0.05) is 180 Å². The van der Waals surface area contributed by atoms with E-state index in [2.05, 4.69) is 13.8 Å². The number of carbonyl (C=O) groups excluding carboxylic acids is 2. The van der Waals surface area contributed by atoms with Gasteiger partial charge in [0.25, 0.3) is 0 Å². The molecule has 8 heteroatoms. The third-order valence-corrected chi connectivity index (χ3v) is 11.4. The highest BCUT2D eigenvalue weighted by Gasteiger charge is 2.43. The lowest BCUT2D eigenvalue weighted by atomic mass is 10.0. The zero-order valence-corrected chi connectivity index (χ0v) is 32.3. The molecule has 0 aromatic heterocycles. The molecule has 0 N–H and O–H groups in total. The zero-order valence-electron chi connectivity index (χ0n) is 31.3. The van der Waals surface area contributed by atoms with Crippen molar-refractivity contribution in [2.24, 2.45) is 0 Å². The largest absolute Gasteiger partial charge is 0.482 e. The van der Waals surface area contributed by atoms with Gasteiger partial charge < -0.3 is 8.85 Å². The first-order chi connectivity index (χ1) is 23.1. The summed E-state index contributed by atoms with van der Waals surface area (Å²) in [7, 11) is -3.72. The molecule has 0 bridgehead atoms. The predicted octanol–water partition coefficient (Wildman–Crippen LogP) is 14.2. The lowest BCUT2D eigenvalue weighted by Crippen LogP contribution is -2.43. The van der Waals surface area contributed by atoms with Crippen LogP contribution in [0.5, 0.6) is 0 Å². The second-order valence-corrected chi connectivity index (χ2v) is 17.1. The van der Waals surface area contributed by atoms with E-state index in [-0.39, 0.29) is 0 Å². The van der Waals surface area contributed by atoms with Crippen LogP contribution in [0.2, 0.25) is 12.6 Å². The number of halogens is 3. The number of alkyl halides is 3. The summed E-state index contributed by atoms with van der Waals surface area (Å²) in [4.78, 5) is 24.9. The number of rotatable bonds is 34. The molecule has 4 nitrogen and oxygen atoms in total. The molecule has 0 saturated carbocycles. The fourth-order valence-electron chi connectivity index (χ4n) is 5.90. The number of allylic oxidation sites excluding steroid dienone is 2. The number of unbranched alkanes of at least 4 members (excludes halogenated alkanes) is 26. The van der Waals surface area contributed by atoms with Crippen LogP contribution in [0.25, 0.3) is 0 Å². The van der Waals surface area contributed by atoms with Crippen LogP contribution in [-0.4, -0.2) is 26.7 Å². The number of hydrogen-bond donors (Lipinski definition) is 0. The molecule has 0 unspecified atom stereocenters. The maximum Gasteiger partial charge on any atom is 0.461 e. The van der Waals surface area contributed by atoms with Crippen LogP contribution >= 0.6 is 0 Å². The summed E-state index contributed by atoms with van der Waals surface area (Å²) in [6, 6.07) is -0.520. The molecule has 0 saturated heterocycles. The molecule has 0 fully saturated rings. The third-order valence-electron chi connectivity index (χ3n) is 8.95. The van der Waals surface area contributed by atoms with Crippen LogP contribution < -0.4 is 0 Å². The Balaban J connectivity index is 4.20. The molecule has 0 aromatic rings. The van der Waals surface area contributed by atoms with Crippen LogP contribution in [-0.2, 0) is 18.4 Å². The second kappa shape index (κ2) is 32.6. The van der Waals surface area contributed by atoms with E-state index in [0.717, 1.165) is 25.7 Å². The molecule has 48 heavy (non-hydrogen) atoms. The minimum Gasteiger partial charge on any atom is -0.482 e. The number of carbonyl (C=O) groups is 2.